The molecule has 0 radical (unpaired) electrons. The van der Waals surface area contributed by atoms with E-state index in [0.29, 0.717) is 43.4 Å². The molecule has 4 rings (SSSR count). The van der Waals surface area contributed by atoms with E-state index in [1.54, 1.807) is 33.9 Å². The van der Waals surface area contributed by atoms with Crippen LogP contribution >= 0.6 is 0 Å². The molecule has 0 bridgehead atoms. The summed E-state index contributed by atoms with van der Waals surface area (Å²) in [7, 11) is 1.31. The number of hydrogen-bond donors (Lipinski definition) is 0. The van der Waals surface area contributed by atoms with Gasteiger partial charge in [0.25, 0.3) is 5.56 Å². The minimum Gasteiger partial charge on any atom is -0.465 e. The van der Waals surface area contributed by atoms with Gasteiger partial charge in [-0.05, 0) is 68.3 Å². The molecule has 0 spiro atoms. The number of carbonyl (C=O) groups excluding carboxylic acids is 3. The molecule has 206 valence electrons. The first kappa shape index (κ1) is 28.1. The highest BCUT2D eigenvalue weighted by atomic mass is 16.6. The summed E-state index contributed by atoms with van der Waals surface area (Å²) in [5.41, 5.74) is 0.838. The van der Waals surface area contributed by atoms with Gasteiger partial charge in [0.15, 0.2) is 0 Å². The zero-order chi connectivity index (χ0) is 28.4. The highest BCUT2D eigenvalue weighted by Gasteiger charge is 2.38. The van der Waals surface area contributed by atoms with E-state index < -0.39 is 17.0 Å². The second-order valence-corrected chi connectivity index (χ2v) is 11.5. The van der Waals surface area contributed by atoms with E-state index in [-0.39, 0.29) is 23.9 Å². The van der Waals surface area contributed by atoms with Crippen LogP contribution in [0.1, 0.15) is 62.0 Å². The zero-order valence-electron chi connectivity index (χ0n) is 23.3. The first-order valence-corrected chi connectivity index (χ1v) is 13.2. The van der Waals surface area contributed by atoms with Gasteiger partial charge in [-0.3, -0.25) is 9.59 Å². The van der Waals surface area contributed by atoms with Crippen molar-refractivity contribution < 1.29 is 23.9 Å². The number of amides is 1. The predicted octanol–water partition coefficient (Wildman–Crippen LogP) is 4.99. The number of nitrogens with zero attached hydrogens (tertiary/aromatic N) is 2. The maximum atomic E-state index is 13.3. The summed E-state index contributed by atoms with van der Waals surface area (Å²) in [5.74, 6) is -0.352. The second kappa shape index (κ2) is 11.0. The Morgan fingerprint density at radius 1 is 0.974 bits per heavy atom. The standard InChI is InChI=1S/C31H36N2O6/c1-30(2,3)39-29(37)32-15-12-31(4,13-16-32)26(34)18-21-7-6-8-22(17-21)20-33-14-11-23-9-10-24(28(36)38-5)19-25(23)27(33)35/h6-11,14,17,19H,12-13,15-16,18,20H2,1-5H3. The topological polar surface area (TPSA) is 94.9 Å². The number of ketones is 1. The van der Waals surface area contributed by atoms with Crippen LogP contribution in [0.5, 0.6) is 0 Å². The summed E-state index contributed by atoms with van der Waals surface area (Å²) in [6.45, 7) is 8.80. The Hall–Kier alpha value is -3.94. The molecule has 8 nitrogen and oxygen atoms in total. The van der Waals surface area contributed by atoms with Crippen molar-refractivity contribution in [2.24, 2.45) is 5.41 Å². The molecule has 0 saturated carbocycles. The lowest BCUT2D eigenvalue weighted by Gasteiger charge is -2.38. The number of carbonyl (C=O) groups is 3. The lowest BCUT2D eigenvalue weighted by Crippen LogP contribution is -2.47. The predicted molar refractivity (Wildman–Crippen MR) is 149 cm³/mol. The van der Waals surface area contributed by atoms with Gasteiger partial charge in [0.05, 0.1) is 19.2 Å². The smallest absolute Gasteiger partial charge is 0.410 e. The third-order valence-corrected chi connectivity index (χ3v) is 7.30. The molecule has 1 saturated heterocycles. The number of aromatic nitrogens is 1. The molecular formula is C31H36N2O6. The summed E-state index contributed by atoms with van der Waals surface area (Å²) in [5, 5.41) is 1.19. The minimum atomic E-state index is -0.553. The largest absolute Gasteiger partial charge is 0.465 e. The van der Waals surface area contributed by atoms with Gasteiger partial charge < -0.3 is 18.9 Å². The molecule has 0 unspecified atom stereocenters. The van der Waals surface area contributed by atoms with Crippen LogP contribution in [0.25, 0.3) is 10.8 Å². The monoisotopic (exact) mass is 532 g/mol. The van der Waals surface area contributed by atoms with Crippen LogP contribution in [0.15, 0.2) is 59.5 Å². The van der Waals surface area contributed by atoms with Crippen molar-refractivity contribution >= 4 is 28.6 Å². The van der Waals surface area contributed by atoms with E-state index in [1.807, 2.05) is 58.0 Å². The van der Waals surface area contributed by atoms with E-state index >= 15 is 0 Å². The molecule has 2 aromatic carbocycles. The van der Waals surface area contributed by atoms with Crippen LogP contribution in [0.3, 0.4) is 0 Å². The van der Waals surface area contributed by atoms with Crippen molar-refractivity contribution in [1.29, 1.82) is 0 Å². The minimum absolute atomic E-state index is 0.140. The Kier molecular flexibility index (Phi) is 7.95. The van der Waals surface area contributed by atoms with Crippen LogP contribution in [0.4, 0.5) is 4.79 Å². The number of piperidine rings is 1. The summed E-state index contributed by atoms with van der Waals surface area (Å²) in [6.07, 6.45) is 2.86. The van der Waals surface area contributed by atoms with Crippen molar-refractivity contribution in [3.05, 3.63) is 81.8 Å². The van der Waals surface area contributed by atoms with Gasteiger partial charge >= 0.3 is 12.1 Å². The van der Waals surface area contributed by atoms with E-state index in [2.05, 4.69) is 0 Å². The average molecular weight is 533 g/mol. The third kappa shape index (κ3) is 6.56. The number of benzene rings is 2. The molecule has 3 aromatic rings. The Bertz CT molecular complexity index is 1460. The maximum Gasteiger partial charge on any atom is 0.410 e. The Balaban J connectivity index is 1.44. The van der Waals surface area contributed by atoms with Gasteiger partial charge in [-0.25, -0.2) is 9.59 Å². The molecule has 0 atom stereocenters. The van der Waals surface area contributed by atoms with Crippen LogP contribution in [-0.2, 0) is 27.2 Å². The SMILES string of the molecule is COC(=O)c1ccc2ccn(Cc3cccc(CC(=O)C4(C)CCN(C(=O)OC(C)(C)C)CC4)c3)c(=O)c2c1. The molecule has 1 aliphatic heterocycles. The average Bonchev–Trinajstić information content (AvgIpc) is 2.89. The van der Waals surface area contributed by atoms with Crippen LogP contribution in [-0.4, -0.2) is 53.1 Å². The second-order valence-electron chi connectivity index (χ2n) is 11.5. The quantitative estimate of drug-likeness (QED) is 0.416. The van der Waals surface area contributed by atoms with Gasteiger partial charge in [0.1, 0.15) is 11.4 Å². The van der Waals surface area contributed by atoms with Gasteiger partial charge in [-0.15, -0.1) is 0 Å². The fourth-order valence-corrected chi connectivity index (χ4v) is 4.87. The van der Waals surface area contributed by atoms with Gasteiger partial charge in [-0.2, -0.15) is 0 Å². The summed E-state index contributed by atoms with van der Waals surface area (Å²) in [6, 6.07) is 14.5. The number of likely N-dealkylation sites (tertiary alicyclic amines) is 1. The van der Waals surface area contributed by atoms with E-state index in [4.69, 9.17) is 9.47 Å². The highest BCUT2D eigenvalue weighted by molar-refractivity contribution is 5.95. The Morgan fingerprint density at radius 2 is 1.67 bits per heavy atom. The third-order valence-electron chi connectivity index (χ3n) is 7.30. The van der Waals surface area contributed by atoms with Crippen molar-refractivity contribution in [3.63, 3.8) is 0 Å². The summed E-state index contributed by atoms with van der Waals surface area (Å²) in [4.78, 5) is 52.5. The first-order valence-electron chi connectivity index (χ1n) is 13.2. The molecule has 1 fully saturated rings. The molecule has 8 heteroatoms. The van der Waals surface area contributed by atoms with Crippen molar-refractivity contribution in [1.82, 2.24) is 9.47 Å². The van der Waals surface area contributed by atoms with Crippen LogP contribution in [0, 0.1) is 5.41 Å². The Morgan fingerprint density at radius 3 is 2.33 bits per heavy atom. The van der Waals surface area contributed by atoms with Crippen molar-refractivity contribution in [2.45, 2.75) is 59.1 Å². The molecule has 2 heterocycles. The number of methoxy groups -OCH3 is 1. The van der Waals surface area contributed by atoms with Crippen molar-refractivity contribution in [3.8, 4) is 0 Å². The van der Waals surface area contributed by atoms with Crippen LogP contribution < -0.4 is 5.56 Å². The molecule has 1 aromatic heterocycles. The van der Waals surface area contributed by atoms with Gasteiger partial charge in [0.2, 0.25) is 0 Å². The molecular weight excluding hydrogens is 496 g/mol. The Labute approximate surface area is 228 Å². The molecule has 0 N–H and O–H groups in total. The lowest BCUT2D eigenvalue weighted by atomic mass is 9.75. The van der Waals surface area contributed by atoms with Crippen LogP contribution in [0.2, 0.25) is 0 Å². The summed E-state index contributed by atoms with van der Waals surface area (Å²) >= 11 is 0. The van der Waals surface area contributed by atoms with E-state index in [9.17, 15) is 19.2 Å². The van der Waals surface area contributed by atoms with Crippen molar-refractivity contribution in [2.75, 3.05) is 20.2 Å². The number of pyridine rings is 1. The number of fused-ring (bicyclic) bond motifs is 1. The van der Waals surface area contributed by atoms with E-state index in [0.717, 1.165) is 16.5 Å². The first-order chi connectivity index (χ1) is 18.4. The van der Waals surface area contributed by atoms with E-state index in [1.165, 1.54) is 7.11 Å². The number of hydrogen-bond acceptors (Lipinski definition) is 6. The fourth-order valence-electron chi connectivity index (χ4n) is 4.87. The summed E-state index contributed by atoms with van der Waals surface area (Å²) < 4.78 is 11.9. The normalized spacial score (nSPS) is 15.2. The molecule has 1 aliphatic rings. The number of esters is 1. The molecule has 39 heavy (non-hydrogen) atoms. The molecule has 1 amide bonds. The molecule has 0 aliphatic carbocycles. The van der Waals surface area contributed by atoms with Gasteiger partial charge in [0, 0.05) is 36.5 Å². The lowest BCUT2D eigenvalue weighted by molar-refractivity contribution is -0.129. The maximum absolute atomic E-state index is 13.3. The number of Topliss-reactive ketones (excluding diaryl/α,β-unsaturated/α-hetero) is 1. The number of rotatable bonds is 6. The number of ether oxygens (including phenoxy) is 2. The van der Waals surface area contributed by atoms with Gasteiger partial charge in [-0.1, -0.05) is 37.3 Å². The zero-order valence-corrected chi connectivity index (χ0v) is 23.3. The highest BCUT2D eigenvalue weighted by Crippen LogP contribution is 2.33. The fraction of sp³-hybridized carbons (Fsp3) is 0.419.